The van der Waals surface area contributed by atoms with Crippen molar-refractivity contribution < 1.29 is 9.32 Å². The smallest absolute Gasteiger partial charge is 0.238 e. The van der Waals surface area contributed by atoms with Crippen LogP contribution in [0.3, 0.4) is 0 Å². The van der Waals surface area contributed by atoms with Crippen LogP contribution in [0.25, 0.3) is 0 Å². The van der Waals surface area contributed by atoms with Gasteiger partial charge in [-0.2, -0.15) is 0 Å². The lowest BCUT2D eigenvalue weighted by Crippen LogP contribution is -2.24. The van der Waals surface area contributed by atoms with Crippen molar-refractivity contribution in [2.24, 2.45) is 0 Å². The van der Waals surface area contributed by atoms with E-state index in [0.29, 0.717) is 17.6 Å². The van der Waals surface area contributed by atoms with E-state index in [1.54, 1.807) is 13.0 Å². The van der Waals surface area contributed by atoms with E-state index in [4.69, 9.17) is 4.52 Å². The molecule has 2 fully saturated rings. The average molecular weight is 362 g/mol. The zero-order valence-corrected chi connectivity index (χ0v) is 15.3. The van der Waals surface area contributed by atoms with Crippen LogP contribution < -0.4 is 10.2 Å². The fourth-order valence-corrected chi connectivity index (χ4v) is 3.91. The molecule has 3 heterocycles. The van der Waals surface area contributed by atoms with E-state index in [2.05, 4.69) is 30.1 Å². The van der Waals surface area contributed by atoms with Gasteiger partial charge in [0.15, 0.2) is 11.0 Å². The minimum Gasteiger partial charge on any atom is -0.360 e. The van der Waals surface area contributed by atoms with Crippen LogP contribution in [0.15, 0.2) is 15.7 Å². The van der Waals surface area contributed by atoms with Crippen LogP contribution in [0.2, 0.25) is 0 Å². The van der Waals surface area contributed by atoms with E-state index in [-0.39, 0.29) is 11.2 Å². The van der Waals surface area contributed by atoms with Crippen molar-refractivity contribution in [1.29, 1.82) is 0 Å². The second kappa shape index (κ2) is 6.70. The van der Waals surface area contributed by atoms with E-state index >= 15 is 0 Å². The molecular weight excluding hydrogens is 340 g/mol. The first-order valence-corrected chi connectivity index (χ1v) is 9.60. The van der Waals surface area contributed by atoms with Gasteiger partial charge in [-0.25, -0.2) is 0 Å². The summed E-state index contributed by atoms with van der Waals surface area (Å²) in [5.74, 6) is 1.95. The van der Waals surface area contributed by atoms with Gasteiger partial charge in [0.05, 0.1) is 5.25 Å². The Hall–Kier alpha value is -2.03. The maximum atomic E-state index is 12.4. The Bertz CT molecular complexity index is 763. The van der Waals surface area contributed by atoms with Crippen molar-refractivity contribution >= 4 is 29.4 Å². The molecule has 1 N–H and O–H groups in total. The first-order valence-electron chi connectivity index (χ1n) is 8.72. The lowest BCUT2D eigenvalue weighted by molar-refractivity contribution is -0.115. The molecule has 0 bridgehead atoms. The SMILES string of the molecule is Cc1cc(NC(=O)C(C)Sc2nnc(N3CCCC3)n2C2CC2)no1. The number of hydrogen-bond acceptors (Lipinski definition) is 7. The van der Waals surface area contributed by atoms with Gasteiger partial charge in [-0.3, -0.25) is 9.36 Å². The summed E-state index contributed by atoms with van der Waals surface area (Å²) in [5, 5.41) is 15.9. The minimum atomic E-state index is -0.301. The standard InChI is InChI=1S/C16H22N6O2S/c1-10-9-13(20-24-10)17-14(23)11(2)25-16-19-18-15(21-7-3-4-8-21)22(16)12-5-6-12/h9,11-12H,3-8H2,1-2H3,(H,17,20,23). The van der Waals surface area contributed by atoms with Gasteiger partial charge in [0.2, 0.25) is 11.9 Å². The summed E-state index contributed by atoms with van der Waals surface area (Å²) in [4.78, 5) is 14.7. The summed E-state index contributed by atoms with van der Waals surface area (Å²) in [6.07, 6.45) is 4.72. The van der Waals surface area contributed by atoms with Gasteiger partial charge >= 0.3 is 0 Å². The lowest BCUT2D eigenvalue weighted by atomic mass is 10.4. The molecule has 1 aliphatic heterocycles. The van der Waals surface area contributed by atoms with Gasteiger partial charge in [0.1, 0.15) is 5.76 Å². The second-order valence-corrected chi connectivity index (χ2v) is 7.96. The molecule has 2 aromatic heterocycles. The summed E-state index contributed by atoms with van der Waals surface area (Å²) in [6, 6.07) is 2.18. The van der Waals surface area contributed by atoms with Crippen molar-refractivity contribution in [3.8, 4) is 0 Å². The van der Waals surface area contributed by atoms with E-state index in [0.717, 1.165) is 37.0 Å². The molecule has 8 nitrogen and oxygen atoms in total. The topological polar surface area (TPSA) is 89.1 Å². The number of aromatic nitrogens is 4. The number of amides is 1. The molecule has 0 radical (unpaired) electrons. The zero-order chi connectivity index (χ0) is 17.4. The van der Waals surface area contributed by atoms with Gasteiger partial charge in [0.25, 0.3) is 0 Å². The second-order valence-electron chi connectivity index (χ2n) is 6.65. The van der Waals surface area contributed by atoms with Crippen LogP contribution in [0.5, 0.6) is 0 Å². The van der Waals surface area contributed by atoms with Gasteiger partial charge in [0, 0.05) is 25.2 Å². The Morgan fingerprint density at radius 3 is 2.76 bits per heavy atom. The fourth-order valence-electron chi connectivity index (χ4n) is 3.00. The number of rotatable bonds is 6. The molecule has 4 rings (SSSR count). The third kappa shape index (κ3) is 3.51. The highest BCUT2D eigenvalue weighted by molar-refractivity contribution is 8.00. The molecule has 25 heavy (non-hydrogen) atoms. The number of nitrogens with zero attached hydrogens (tertiary/aromatic N) is 5. The quantitative estimate of drug-likeness (QED) is 0.790. The number of nitrogens with one attached hydrogen (secondary N) is 1. The van der Waals surface area contributed by atoms with Crippen LogP contribution in [0.4, 0.5) is 11.8 Å². The number of aryl methyl sites for hydroxylation is 1. The number of carbonyl (C=O) groups is 1. The lowest BCUT2D eigenvalue weighted by Gasteiger charge is -2.18. The van der Waals surface area contributed by atoms with Gasteiger partial charge in [-0.15, -0.1) is 10.2 Å². The van der Waals surface area contributed by atoms with Gasteiger partial charge in [-0.1, -0.05) is 16.9 Å². The summed E-state index contributed by atoms with van der Waals surface area (Å²) >= 11 is 1.44. The summed E-state index contributed by atoms with van der Waals surface area (Å²) < 4.78 is 7.20. The maximum absolute atomic E-state index is 12.4. The Morgan fingerprint density at radius 2 is 2.12 bits per heavy atom. The average Bonchev–Trinajstić information content (AvgIpc) is 3.00. The molecule has 0 aromatic carbocycles. The Kier molecular flexibility index (Phi) is 4.41. The Balaban J connectivity index is 1.47. The van der Waals surface area contributed by atoms with Crippen LogP contribution in [-0.4, -0.2) is 44.2 Å². The molecule has 2 aromatic rings. The molecular formula is C16H22N6O2S. The van der Waals surface area contributed by atoms with Gasteiger partial charge < -0.3 is 14.7 Å². The molecule has 1 saturated heterocycles. The molecule has 1 amide bonds. The molecule has 0 spiro atoms. The van der Waals surface area contributed by atoms with Crippen LogP contribution in [0, 0.1) is 6.92 Å². The van der Waals surface area contributed by atoms with Gasteiger partial charge in [-0.05, 0) is 39.5 Å². The monoisotopic (exact) mass is 362 g/mol. The van der Waals surface area contributed by atoms with E-state index in [1.807, 2.05) is 6.92 Å². The number of anilines is 2. The first kappa shape index (κ1) is 16.4. The summed E-state index contributed by atoms with van der Waals surface area (Å²) in [5.41, 5.74) is 0. The fraction of sp³-hybridized carbons (Fsp3) is 0.625. The van der Waals surface area contributed by atoms with Crippen molar-refractivity contribution in [3.05, 3.63) is 11.8 Å². The largest absolute Gasteiger partial charge is 0.360 e. The Morgan fingerprint density at radius 1 is 1.36 bits per heavy atom. The molecule has 1 saturated carbocycles. The van der Waals surface area contributed by atoms with Crippen molar-refractivity contribution in [2.45, 2.75) is 56.0 Å². The van der Waals surface area contributed by atoms with E-state index in [1.165, 1.54) is 24.6 Å². The zero-order valence-electron chi connectivity index (χ0n) is 14.4. The molecule has 1 atom stereocenters. The van der Waals surface area contributed by atoms with E-state index in [9.17, 15) is 4.79 Å². The molecule has 1 aliphatic carbocycles. The highest BCUT2D eigenvalue weighted by Crippen LogP contribution is 2.42. The number of hydrogen-bond donors (Lipinski definition) is 1. The molecule has 134 valence electrons. The predicted molar refractivity (Wildman–Crippen MR) is 94.9 cm³/mol. The Labute approximate surface area is 150 Å². The highest BCUT2D eigenvalue weighted by Gasteiger charge is 2.33. The molecule has 9 heteroatoms. The third-order valence-corrected chi connectivity index (χ3v) is 5.53. The van der Waals surface area contributed by atoms with Crippen molar-refractivity contribution in [1.82, 2.24) is 19.9 Å². The van der Waals surface area contributed by atoms with Crippen LogP contribution in [-0.2, 0) is 4.79 Å². The maximum Gasteiger partial charge on any atom is 0.238 e. The van der Waals surface area contributed by atoms with Crippen LogP contribution >= 0.6 is 11.8 Å². The minimum absolute atomic E-state index is 0.119. The van der Waals surface area contributed by atoms with Crippen molar-refractivity contribution in [2.75, 3.05) is 23.3 Å². The summed E-state index contributed by atoms with van der Waals surface area (Å²) in [6.45, 7) is 5.74. The number of thioether (sulfide) groups is 1. The first-order chi connectivity index (χ1) is 12.1. The third-order valence-electron chi connectivity index (χ3n) is 4.48. The normalized spacial score (nSPS) is 18.6. The number of carbonyl (C=O) groups excluding carboxylic acids is 1. The molecule has 1 unspecified atom stereocenters. The summed E-state index contributed by atoms with van der Waals surface area (Å²) in [7, 11) is 0. The highest BCUT2D eigenvalue weighted by atomic mass is 32.2. The van der Waals surface area contributed by atoms with E-state index < -0.39 is 0 Å². The van der Waals surface area contributed by atoms with Crippen molar-refractivity contribution in [3.63, 3.8) is 0 Å². The molecule has 2 aliphatic rings. The van der Waals surface area contributed by atoms with Crippen LogP contribution in [0.1, 0.15) is 44.4 Å². The predicted octanol–water partition coefficient (Wildman–Crippen LogP) is 2.63.